The molecular weight excluding hydrogens is 156 g/mol. The van der Waals surface area contributed by atoms with E-state index < -0.39 is 9.04 Å². The molecule has 1 unspecified atom stereocenters. The van der Waals surface area contributed by atoms with Gasteiger partial charge in [-0.25, -0.2) is 0 Å². The lowest BCUT2D eigenvalue weighted by atomic mass is 10.4. The predicted octanol–water partition coefficient (Wildman–Crippen LogP) is 1.80. The van der Waals surface area contributed by atoms with Crippen LogP contribution >= 0.6 is 0 Å². The molecule has 0 saturated heterocycles. The van der Waals surface area contributed by atoms with Crippen LogP contribution in [0.15, 0.2) is 0 Å². The summed E-state index contributed by atoms with van der Waals surface area (Å²) in [4.78, 5) is 0. The number of hydrogen-bond acceptors (Lipinski definition) is 2. The molecule has 0 fully saturated rings. The molecule has 0 amide bonds. The lowest BCUT2D eigenvalue weighted by Gasteiger charge is -2.09. The van der Waals surface area contributed by atoms with Gasteiger partial charge in [-0.3, -0.25) is 0 Å². The second kappa shape index (κ2) is 8.24. The molecule has 0 spiro atoms. The minimum Gasteiger partial charge on any atom is -0.418 e. The molecule has 0 rings (SSSR count). The molecule has 0 saturated carbocycles. The molecule has 0 bridgehead atoms. The fraction of sp³-hybridized carbons (Fsp3) is 1.00. The van der Waals surface area contributed by atoms with Crippen molar-refractivity contribution in [3.63, 3.8) is 0 Å². The van der Waals surface area contributed by atoms with Gasteiger partial charge >= 0.3 is 0 Å². The Morgan fingerprint density at radius 2 is 2.00 bits per heavy atom. The summed E-state index contributed by atoms with van der Waals surface area (Å²) in [7, 11) is 0.879. The largest absolute Gasteiger partial charge is 0.418 e. The van der Waals surface area contributed by atoms with Crippen LogP contribution in [0, 0.1) is 0 Å². The smallest absolute Gasteiger partial charge is 0.174 e. The van der Waals surface area contributed by atoms with E-state index in [1.807, 2.05) is 0 Å². The average Bonchev–Trinajstić information content (AvgIpc) is 2.01. The van der Waals surface area contributed by atoms with Crippen LogP contribution in [0.4, 0.5) is 0 Å². The van der Waals surface area contributed by atoms with E-state index in [0.717, 1.165) is 13.2 Å². The van der Waals surface area contributed by atoms with Crippen LogP contribution in [0.5, 0.6) is 0 Å². The first-order chi connectivity index (χ1) is 5.31. The lowest BCUT2D eigenvalue weighted by Crippen LogP contribution is -2.16. The summed E-state index contributed by atoms with van der Waals surface area (Å²) in [5.74, 6) is 0. The van der Waals surface area contributed by atoms with Gasteiger partial charge in [0.25, 0.3) is 0 Å². The van der Waals surface area contributed by atoms with E-state index in [-0.39, 0.29) is 0 Å². The van der Waals surface area contributed by atoms with Gasteiger partial charge < -0.3 is 9.16 Å². The minimum absolute atomic E-state index is 0.740. The molecule has 0 aliphatic carbocycles. The molecule has 2 nitrogen and oxygen atoms in total. The number of ether oxygens (including phenoxy) is 1. The van der Waals surface area contributed by atoms with E-state index in [2.05, 4.69) is 13.5 Å². The zero-order valence-corrected chi connectivity index (χ0v) is 9.08. The van der Waals surface area contributed by atoms with Gasteiger partial charge in [-0.2, -0.15) is 0 Å². The highest BCUT2D eigenvalue weighted by Gasteiger charge is 2.02. The average molecular weight is 176 g/mol. The van der Waals surface area contributed by atoms with Crippen LogP contribution in [0.1, 0.15) is 19.8 Å². The van der Waals surface area contributed by atoms with Crippen LogP contribution in [-0.4, -0.2) is 29.4 Å². The molecule has 0 aliphatic heterocycles. The first kappa shape index (κ1) is 11.1. The van der Waals surface area contributed by atoms with Gasteiger partial charge in [0, 0.05) is 7.11 Å². The summed E-state index contributed by atoms with van der Waals surface area (Å²) < 4.78 is 10.5. The molecule has 1 atom stereocenters. The Kier molecular flexibility index (Phi) is 8.34. The fourth-order valence-electron chi connectivity index (χ4n) is 0.908. The lowest BCUT2D eigenvalue weighted by molar-refractivity contribution is 0.146. The van der Waals surface area contributed by atoms with E-state index >= 15 is 0 Å². The summed E-state index contributed by atoms with van der Waals surface area (Å²) in [5.41, 5.74) is 0. The summed E-state index contributed by atoms with van der Waals surface area (Å²) in [6.07, 6.45) is 2.60. The SMILES string of the molecule is CCCC[SiH](C)OCCOC. The van der Waals surface area contributed by atoms with Crippen LogP contribution in [0.25, 0.3) is 0 Å². The first-order valence-electron chi connectivity index (χ1n) is 4.41. The minimum atomic E-state index is -0.831. The van der Waals surface area contributed by atoms with Crippen LogP contribution in [0.3, 0.4) is 0 Å². The zero-order chi connectivity index (χ0) is 8.53. The van der Waals surface area contributed by atoms with Crippen molar-refractivity contribution in [2.75, 3.05) is 20.3 Å². The Morgan fingerprint density at radius 1 is 1.27 bits per heavy atom. The van der Waals surface area contributed by atoms with E-state index in [4.69, 9.17) is 9.16 Å². The van der Waals surface area contributed by atoms with Gasteiger partial charge in [0.2, 0.25) is 0 Å². The standard InChI is InChI=1S/C8H20O2Si/c1-4-5-8-11(3)10-7-6-9-2/h11H,4-8H2,1-3H3. The molecular formula is C8H20O2Si. The van der Waals surface area contributed by atoms with Crippen molar-refractivity contribution in [2.45, 2.75) is 32.4 Å². The highest BCUT2D eigenvalue weighted by molar-refractivity contribution is 6.50. The molecule has 0 radical (unpaired) electrons. The quantitative estimate of drug-likeness (QED) is 0.435. The van der Waals surface area contributed by atoms with Crippen molar-refractivity contribution in [1.29, 1.82) is 0 Å². The highest BCUT2D eigenvalue weighted by Crippen LogP contribution is 2.01. The van der Waals surface area contributed by atoms with Crippen molar-refractivity contribution in [3.05, 3.63) is 0 Å². The third kappa shape index (κ3) is 8.04. The van der Waals surface area contributed by atoms with Crippen molar-refractivity contribution in [3.8, 4) is 0 Å². The Labute approximate surface area is 71.6 Å². The normalized spacial score (nSPS) is 13.4. The first-order valence-corrected chi connectivity index (χ1v) is 6.86. The summed E-state index contributed by atoms with van der Waals surface area (Å²) >= 11 is 0. The van der Waals surface area contributed by atoms with E-state index in [1.54, 1.807) is 7.11 Å². The maximum atomic E-state index is 5.60. The fourth-order valence-corrected chi connectivity index (χ4v) is 2.56. The molecule has 0 heterocycles. The predicted molar refractivity (Wildman–Crippen MR) is 50.6 cm³/mol. The van der Waals surface area contributed by atoms with Gasteiger partial charge in [0.15, 0.2) is 9.04 Å². The Balaban J connectivity index is 3.02. The van der Waals surface area contributed by atoms with Gasteiger partial charge in [-0.05, 0) is 12.6 Å². The van der Waals surface area contributed by atoms with Crippen LogP contribution < -0.4 is 0 Å². The maximum Gasteiger partial charge on any atom is 0.174 e. The van der Waals surface area contributed by atoms with Gasteiger partial charge in [-0.1, -0.05) is 19.8 Å². The third-order valence-corrected chi connectivity index (χ3v) is 3.68. The highest BCUT2D eigenvalue weighted by atomic mass is 28.3. The molecule has 0 aromatic heterocycles. The van der Waals surface area contributed by atoms with E-state index in [1.165, 1.54) is 18.9 Å². The van der Waals surface area contributed by atoms with Crippen molar-refractivity contribution in [2.24, 2.45) is 0 Å². The Bertz CT molecular complexity index is 78.5. The molecule has 0 aromatic rings. The summed E-state index contributed by atoms with van der Waals surface area (Å²) in [5, 5.41) is 0. The molecule has 0 aromatic carbocycles. The second-order valence-electron chi connectivity index (χ2n) is 2.82. The van der Waals surface area contributed by atoms with Crippen LogP contribution in [0.2, 0.25) is 12.6 Å². The van der Waals surface area contributed by atoms with Crippen LogP contribution in [-0.2, 0) is 9.16 Å². The molecule has 11 heavy (non-hydrogen) atoms. The summed E-state index contributed by atoms with van der Waals surface area (Å²) in [6.45, 7) is 6.00. The number of hydrogen-bond donors (Lipinski definition) is 0. The Hall–Kier alpha value is 0.137. The van der Waals surface area contributed by atoms with E-state index in [9.17, 15) is 0 Å². The zero-order valence-electron chi connectivity index (χ0n) is 7.93. The Morgan fingerprint density at radius 3 is 2.55 bits per heavy atom. The third-order valence-electron chi connectivity index (χ3n) is 1.65. The molecule has 68 valence electrons. The number of methoxy groups -OCH3 is 1. The van der Waals surface area contributed by atoms with Crippen molar-refractivity contribution < 1.29 is 9.16 Å². The molecule has 3 heteroatoms. The second-order valence-corrected chi connectivity index (χ2v) is 5.35. The van der Waals surface area contributed by atoms with Crippen molar-refractivity contribution >= 4 is 9.04 Å². The molecule has 0 N–H and O–H groups in total. The van der Waals surface area contributed by atoms with Gasteiger partial charge in [0.1, 0.15) is 0 Å². The molecule has 0 aliphatic rings. The maximum absolute atomic E-state index is 5.60. The van der Waals surface area contributed by atoms with Gasteiger partial charge in [0.05, 0.1) is 13.2 Å². The number of unbranched alkanes of at least 4 members (excludes halogenated alkanes) is 1. The topological polar surface area (TPSA) is 18.5 Å². The van der Waals surface area contributed by atoms with Crippen molar-refractivity contribution in [1.82, 2.24) is 0 Å². The van der Waals surface area contributed by atoms with Gasteiger partial charge in [-0.15, -0.1) is 0 Å². The summed E-state index contributed by atoms with van der Waals surface area (Å²) in [6, 6.07) is 1.31. The van der Waals surface area contributed by atoms with E-state index in [0.29, 0.717) is 0 Å². The monoisotopic (exact) mass is 176 g/mol. The number of rotatable bonds is 7.